The number of carbonyl (C=O) groups excluding carboxylic acids is 1. The van der Waals surface area contributed by atoms with Gasteiger partial charge in [0.1, 0.15) is 0 Å². The second kappa shape index (κ2) is 7.80. The number of anilines is 1. The fraction of sp³-hybridized carbons (Fsp3) is 0.529. The van der Waals surface area contributed by atoms with Gasteiger partial charge in [0, 0.05) is 24.7 Å². The van der Waals surface area contributed by atoms with E-state index < -0.39 is 0 Å². The maximum absolute atomic E-state index is 12.5. The summed E-state index contributed by atoms with van der Waals surface area (Å²) in [5.41, 5.74) is 7.01. The van der Waals surface area contributed by atoms with Gasteiger partial charge in [-0.25, -0.2) is 0 Å². The molecule has 0 radical (unpaired) electrons. The van der Waals surface area contributed by atoms with E-state index in [9.17, 15) is 4.79 Å². The molecular weight excluding hydrogens is 262 g/mol. The van der Waals surface area contributed by atoms with Crippen LogP contribution in [0.25, 0.3) is 0 Å². The van der Waals surface area contributed by atoms with Crippen LogP contribution in [0.4, 0.5) is 5.69 Å². The zero-order valence-electron chi connectivity index (χ0n) is 13.2. The Kier molecular flexibility index (Phi) is 6.39. The Morgan fingerprint density at radius 1 is 1.33 bits per heavy atom. The molecule has 0 aliphatic rings. The molecule has 0 fully saturated rings. The van der Waals surface area contributed by atoms with Gasteiger partial charge in [0.2, 0.25) is 5.91 Å². The fourth-order valence-corrected chi connectivity index (χ4v) is 2.36. The first kappa shape index (κ1) is 17.2. The molecule has 0 aliphatic heterocycles. The van der Waals surface area contributed by atoms with Gasteiger partial charge in [0.15, 0.2) is 0 Å². The lowest BCUT2D eigenvalue weighted by Gasteiger charge is -2.26. The predicted octanol–water partition coefficient (Wildman–Crippen LogP) is 3.09. The molecule has 1 atom stereocenters. The van der Waals surface area contributed by atoms with E-state index in [-0.39, 0.29) is 17.4 Å². The molecule has 1 amide bonds. The summed E-state index contributed by atoms with van der Waals surface area (Å²) < 4.78 is 0. The summed E-state index contributed by atoms with van der Waals surface area (Å²) in [7, 11) is 0. The Hall–Kier alpha value is -1.86. The lowest BCUT2D eigenvalue weighted by molar-refractivity contribution is -0.119. The van der Waals surface area contributed by atoms with E-state index in [0.717, 1.165) is 12.1 Å². The highest BCUT2D eigenvalue weighted by molar-refractivity contribution is 5.93. The molecule has 0 bridgehead atoms. The summed E-state index contributed by atoms with van der Waals surface area (Å²) in [4.78, 5) is 14.1. The molecule has 0 spiro atoms. The van der Waals surface area contributed by atoms with Gasteiger partial charge < -0.3 is 10.6 Å². The van der Waals surface area contributed by atoms with Gasteiger partial charge in [-0.1, -0.05) is 39.0 Å². The summed E-state index contributed by atoms with van der Waals surface area (Å²) in [5, 5.41) is 8.77. The average molecular weight is 287 g/mol. The van der Waals surface area contributed by atoms with Crippen molar-refractivity contribution in [1.29, 1.82) is 5.26 Å². The number of para-hydroxylation sites is 1. The van der Waals surface area contributed by atoms with Gasteiger partial charge in [-0.15, -0.1) is 0 Å². The summed E-state index contributed by atoms with van der Waals surface area (Å²) >= 11 is 0. The Balaban J connectivity index is 2.75. The van der Waals surface area contributed by atoms with E-state index in [1.807, 2.05) is 30.3 Å². The third-order valence-corrected chi connectivity index (χ3v) is 3.13. The Bertz CT molecular complexity index is 485. The maximum Gasteiger partial charge on any atom is 0.228 e. The van der Waals surface area contributed by atoms with E-state index in [0.29, 0.717) is 19.4 Å². The SMILES string of the molecule is CC(C)(C)CC(N)CC(=O)N(CCC#N)c1ccccc1. The van der Waals surface area contributed by atoms with Crippen molar-refractivity contribution in [2.45, 2.75) is 46.1 Å². The standard InChI is InChI=1S/C17H25N3O/c1-17(2,3)13-14(19)12-16(21)20(11-7-10-18)15-8-5-4-6-9-15/h4-6,8-9,14H,7,11-13,19H2,1-3H3. The van der Waals surface area contributed by atoms with Crippen LogP contribution in [0.1, 0.15) is 40.0 Å². The van der Waals surface area contributed by atoms with Crippen molar-refractivity contribution in [3.8, 4) is 6.07 Å². The summed E-state index contributed by atoms with van der Waals surface area (Å²) in [6.45, 7) is 6.74. The second-order valence-electron chi connectivity index (χ2n) is 6.52. The first-order valence-electron chi connectivity index (χ1n) is 7.31. The van der Waals surface area contributed by atoms with Gasteiger partial charge in [-0.05, 0) is 24.0 Å². The molecule has 0 saturated heterocycles. The van der Waals surface area contributed by atoms with Crippen molar-refractivity contribution >= 4 is 11.6 Å². The Morgan fingerprint density at radius 2 is 1.95 bits per heavy atom. The molecule has 4 nitrogen and oxygen atoms in total. The Morgan fingerprint density at radius 3 is 2.48 bits per heavy atom. The average Bonchev–Trinajstić information content (AvgIpc) is 2.38. The minimum Gasteiger partial charge on any atom is -0.327 e. The van der Waals surface area contributed by atoms with E-state index in [1.165, 1.54) is 0 Å². The highest BCUT2D eigenvalue weighted by Crippen LogP contribution is 2.22. The van der Waals surface area contributed by atoms with Crippen LogP contribution in [0.2, 0.25) is 0 Å². The van der Waals surface area contributed by atoms with E-state index in [1.54, 1.807) is 4.90 Å². The molecule has 114 valence electrons. The largest absolute Gasteiger partial charge is 0.327 e. The van der Waals surface area contributed by atoms with Gasteiger partial charge in [0.25, 0.3) is 0 Å². The van der Waals surface area contributed by atoms with Gasteiger partial charge in [0.05, 0.1) is 12.5 Å². The van der Waals surface area contributed by atoms with Crippen molar-refractivity contribution in [3.05, 3.63) is 30.3 Å². The van der Waals surface area contributed by atoms with Crippen LogP contribution in [0.5, 0.6) is 0 Å². The first-order valence-corrected chi connectivity index (χ1v) is 7.31. The van der Waals surface area contributed by atoms with E-state index >= 15 is 0 Å². The molecule has 0 aliphatic carbocycles. The third kappa shape index (κ3) is 6.42. The van der Waals surface area contributed by atoms with Crippen LogP contribution in [0.3, 0.4) is 0 Å². The molecule has 21 heavy (non-hydrogen) atoms. The maximum atomic E-state index is 12.5. The monoisotopic (exact) mass is 287 g/mol. The number of nitriles is 1. The smallest absolute Gasteiger partial charge is 0.228 e. The van der Waals surface area contributed by atoms with Gasteiger partial charge >= 0.3 is 0 Å². The topological polar surface area (TPSA) is 70.1 Å². The second-order valence-corrected chi connectivity index (χ2v) is 6.52. The zero-order chi connectivity index (χ0) is 15.9. The van der Waals surface area contributed by atoms with Crippen LogP contribution in [0.15, 0.2) is 30.3 Å². The molecule has 4 heteroatoms. The van der Waals surface area contributed by atoms with Crippen LogP contribution < -0.4 is 10.6 Å². The quantitative estimate of drug-likeness (QED) is 0.874. The van der Waals surface area contributed by atoms with Crippen LogP contribution in [0, 0.1) is 16.7 Å². The van der Waals surface area contributed by atoms with Crippen LogP contribution in [-0.4, -0.2) is 18.5 Å². The summed E-state index contributed by atoms with van der Waals surface area (Å²) in [6, 6.07) is 11.4. The van der Waals surface area contributed by atoms with Crippen molar-refractivity contribution in [1.82, 2.24) is 0 Å². The molecule has 2 N–H and O–H groups in total. The number of rotatable bonds is 6. The lowest BCUT2D eigenvalue weighted by atomic mass is 9.87. The molecule has 1 rings (SSSR count). The number of benzene rings is 1. The number of nitrogens with two attached hydrogens (primary N) is 1. The fourth-order valence-electron chi connectivity index (χ4n) is 2.36. The molecule has 0 saturated carbocycles. The van der Waals surface area contributed by atoms with Crippen molar-refractivity contribution in [2.24, 2.45) is 11.1 Å². The van der Waals surface area contributed by atoms with Crippen LogP contribution in [-0.2, 0) is 4.79 Å². The normalized spacial score (nSPS) is 12.5. The number of hydrogen-bond acceptors (Lipinski definition) is 3. The van der Waals surface area contributed by atoms with Crippen molar-refractivity contribution < 1.29 is 4.79 Å². The Labute approximate surface area is 127 Å². The number of amides is 1. The summed E-state index contributed by atoms with van der Waals surface area (Å²) in [5.74, 6) is -0.0202. The highest BCUT2D eigenvalue weighted by atomic mass is 16.2. The number of carbonyl (C=O) groups is 1. The van der Waals surface area contributed by atoms with Crippen LogP contribution >= 0.6 is 0 Å². The van der Waals surface area contributed by atoms with Crippen molar-refractivity contribution in [3.63, 3.8) is 0 Å². The zero-order valence-corrected chi connectivity index (χ0v) is 13.2. The van der Waals surface area contributed by atoms with Crippen molar-refractivity contribution in [2.75, 3.05) is 11.4 Å². The minimum atomic E-state index is -0.161. The minimum absolute atomic E-state index is 0.0202. The molecule has 0 aromatic heterocycles. The number of hydrogen-bond donors (Lipinski definition) is 1. The van der Waals surface area contributed by atoms with E-state index in [4.69, 9.17) is 11.0 Å². The predicted molar refractivity (Wildman–Crippen MR) is 85.7 cm³/mol. The van der Waals surface area contributed by atoms with E-state index in [2.05, 4.69) is 26.8 Å². The highest BCUT2D eigenvalue weighted by Gasteiger charge is 2.22. The third-order valence-electron chi connectivity index (χ3n) is 3.13. The van der Waals surface area contributed by atoms with Gasteiger partial charge in [-0.2, -0.15) is 5.26 Å². The number of nitrogens with zero attached hydrogens (tertiary/aromatic N) is 2. The molecular formula is C17H25N3O. The molecule has 1 aromatic rings. The lowest BCUT2D eigenvalue weighted by Crippen LogP contribution is -2.38. The first-order chi connectivity index (χ1) is 9.83. The summed E-state index contributed by atoms with van der Waals surface area (Å²) in [6.07, 6.45) is 1.41. The molecule has 1 aromatic carbocycles. The molecule has 1 unspecified atom stereocenters. The van der Waals surface area contributed by atoms with Gasteiger partial charge in [-0.3, -0.25) is 4.79 Å². The molecule has 0 heterocycles.